The van der Waals surface area contributed by atoms with E-state index in [1.807, 2.05) is 66.8 Å². The Hall–Kier alpha value is -5.68. The first-order valence-electron chi connectivity index (χ1n) is 15.6. The molecular weight excluding hydrogens is 664 g/mol. The number of para-hydroxylation sites is 2. The first-order valence-corrected chi connectivity index (χ1v) is 15.6. The van der Waals surface area contributed by atoms with Gasteiger partial charge in [0.2, 0.25) is 0 Å². The van der Waals surface area contributed by atoms with E-state index in [9.17, 15) is 0 Å². The fraction of sp³-hybridized carbons (Fsp3) is 0.0244. The molecule has 10 rings (SSSR count). The van der Waals surface area contributed by atoms with E-state index in [1.165, 1.54) is 22.3 Å². The van der Waals surface area contributed by atoms with Crippen molar-refractivity contribution < 1.29 is 16.8 Å². The predicted molar refractivity (Wildman–Crippen MR) is 199 cm³/mol. The number of benzene rings is 3. The zero-order valence-corrected chi connectivity index (χ0v) is 28.4. The van der Waals surface area contributed by atoms with Crippen molar-refractivity contribution in [3.05, 3.63) is 168 Å². The minimum absolute atomic E-state index is 0. The number of hydrogen-bond donors (Lipinski definition) is 2. The Labute approximate surface area is 299 Å². The first kappa shape index (κ1) is 33.2. The van der Waals surface area contributed by atoms with Crippen LogP contribution in [0, 0.1) is 0 Å². The Bertz CT molecular complexity index is 2280. The molecule has 0 atom stereocenters. The number of nitrogens with one attached hydrogen (secondary N) is 2. The summed E-state index contributed by atoms with van der Waals surface area (Å²) in [6, 6.07) is 41.5. The second-order valence-corrected chi connectivity index (χ2v) is 11.4. The number of hydrogen-bond acceptors (Lipinski definition) is 4. The Morgan fingerprint density at radius 3 is 1.29 bits per heavy atom. The van der Waals surface area contributed by atoms with Gasteiger partial charge in [-0.05, 0) is 114 Å². The van der Waals surface area contributed by atoms with Gasteiger partial charge in [-0.1, -0.05) is 60.7 Å². The monoisotopic (exact) mass is 693 g/mol. The molecule has 0 saturated carbocycles. The van der Waals surface area contributed by atoms with Gasteiger partial charge in [0, 0.05) is 62.2 Å². The van der Waals surface area contributed by atoms with Crippen LogP contribution in [0.4, 0.5) is 0 Å². The molecule has 8 bridgehead atoms. The van der Waals surface area contributed by atoms with Crippen LogP contribution in [-0.4, -0.2) is 40.9 Å². The smallest absolute Gasteiger partial charge is 0.0886 e. The van der Waals surface area contributed by atoms with Crippen LogP contribution in [0.2, 0.25) is 0 Å². The molecule has 8 heteroatoms. The molecule has 0 saturated heterocycles. The van der Waals surface area contributed by atoms with E-state index in [0.29, 0.717) is 0 Å². The SMILES string of the molecule is C1=Cc2cc3ccc(cc4ccc(cc5nc(cc1n2)C=C5)[nH]4)[nH]3.[Co].[Si].c1ccc2c(c1)Cc1ccccc1-2.c1ccc2nccnc2c1. The normalized spacial score (nSPS) is 11.5. The van der Waals surface area contributed by atoms with Crippen LogP contribution in [0.3, 0.4) is 0 Å². The number of nitrogens with zero attached hydrogens (tertiary/aromatic N) is 4. The zero-order valence-electron chi connectivity index (χ0n) is 26.3. The number of aromatic amines is 2. The fourth-order valence-corrected chi connectivity index (χ4v) is 5.93. The average Bonchev–Trinajstić information content (AvgIpc) is 3.95. The summed E-state index contributed by atoms with van der Waals surface area (Å²) in [6.45, 7) is 0. The Balaban J connectivity index is 0.000000140. The van der Waals surface area contributed by atoms with Crippen molar-refractivity contribution in [1.29, 1.82) is 0 Å². The van der Waals surface area contributed by atoms with E-state index in [-0.39, 0.29) is 27.7 Å². The van der Waals surface area contributed by atoms with Gasteiger partial charge >= 0.3 is 0 Å². The first-order chi connectivity index (χ1) is 23.2. The van der Waals surface area contributed by atoms with Crippen LogP contribution in [-0.2, 0) is 23.2 Å². The standard InChI is InChI=1S/C20H14N4.C13H10.C8H6N2.Co.Si/c1-2-14-10-16-5-6-18(23-16)12-20-8-7-19(24-20)11-17-4-3-15(22-17)9-13(1)21-14;1-3-7-12-10(5-1)9-11-6-2-4-8-13(11)12;1-2-4-8-7(3-1)9-5-6-10-8;;/h1-12,21-22H;1-8H,9H2;1-6H;;. The van der Waals surface area contributed by atoms with Crippen molar-refractivity contribution in [2.24, 2.45) is 0 Å². The van der Waals surface area contributed by atoms with Gasteiger partial charge in [-0.2, -0.15) is 0 Å². The third-order valence-electron chi connectivity index (χ3n) is 8.12. The summed E-state index contributed by atoms with van der Waals surface area (Å²) in [5.41, 5.74) is 15.5. The van der Waals surface area contributed by atoms with E-state index in [4.69, 9.17) is 0 Å². The van der Waals surface area contributed by atoms with Crippen LogP contribution in [0.15, 0.2) is 134 Å². The van der Waals surface area contributed by atoms with Gasteiger partial charge in [0.1, 0.15) is 0 Å². The van der Waals surface area contributed by atoms with Crippen molar-refractivity contribution in [3.63, 3.8) is 0 Å². The molecule has 2 N–H and O–H groups in total. The third-order valence-corrected chi connectivity index (χ3v) is 8.12. The van der Waals surface area contributed by atoms with Gasteiger partial charge < -0.3 is 9.97 Å². The van der Waals surface area contributed by atoms with Crippen molar-refractivity contribution >= 4 is 68.4 Å². The van der Waals surface area contributed by atoms with E-state index >= 15 is 0 Å². The van der Waals surface area contributed by atoms with E-state index in [2.05, 4.69) is 109 Å². The van der Waals surface area contributed by atoms with Crippen molar-refractivity contribution in [2.45, 2.75) is 6.42 Å². The summed E-state index contributed by atoms with van der Waals surface area (Å²) < 4.78 is 0. The van der Waals surface area contributed by atoms with Crippen LogP contribution in [0.25, 0.3) is 68.5 Å². The second kappa shape index (κ2) is 15.0. The molecule has 3 aliphatic rings. The summed E-state index contributed by atoms with van der Waals surface area (Å²) in [4.78, 5) is 24.3. The van der Waals surface area contributed by atoms with Crippen LogP contribution in [0.1, 0.15) is 33.9 Å². The van der Waals surface area contributed by atoms with Gasteiger partial charge in [-0.15, -0.1) is 0 Å². The molecule has 4 aromatic heterocycles. The quantitative estimate of drug-likeness (QED) is 0.155. The Kier molecular flexibility index (Phi) is 10.2. The van der Waals surface area contributed by atoms with E-state index in [1.54, 1.807) is 12.4 Å². The Morgan fingerprint density at radius 2 is 0.816 bits per heavy atom. The maximum absolute atomic E-state index is 4.62. The van der Waals surface area contributed by atoms with E-state index in [0.717, 1.165) is 62.3 Å². The number of rotatable bonds is 0. The van der Waals surface area contributed by atoms with Crippen LogP contribution < -0.4 is 0 Å². The summed E-state index contributed by atoms with van der Waals surface area (Å²) in [5, 5.41) is 0. The number of fused-ring (bicyclic) bond motifs is 12. The summed E-state index contributed by atoms with van der Waals surface area (Å²) in [6.07, 6.45) is 12.5. The molecule has 0 spiro atoms. The maximum atomic E-state index is 4.62. The van der Waals surface area contributed by atoms with Gasteiger partial charge in [-0.25, -0.2) is 9.97 Å². The molecule has 5 radical (unpaired) electrons. The minimum Gasteiger partial charge on any atom is -0.355 e. The molecule has 49 heavy (non-hydrogen) atoms. The van der Waals surface area contributed by atoms with Crippen LogP contribution >= 0.6 is 0 Å². The van der Waals surface area contributed by atoms with E-state index < -0.39 is 0 Å². The van der Waals surface area contributed by atoms with Crippen molar-refractivity contribution in [3.8, 4) is 11.1 Å². The van der Waals surface area contributed by atoms with Crippen LogP contribution in [0.5, 0.6) is 0 Å². The molecule has 7 aromatic rings. The number of aromatic nitrogens is 6. The molecular formula is C41H30CoN6Si. The third kappa shape index (κ3) is 7.73. The fourth-order valence-electron chi connectivity index (χ4n) is 5.93. The van der Waals surface area contributed by atoms with Gasteiger partial charge in [-0.3, -0.25) is 9.97 Å². The molecule has 2 aliphatic heterocycles. The van der Waals surface area contributed by atoms with Crippen molar-refractivity contribution in [2.75, 3.05) is 0 Å². The largest absolute Gasteiger partial charge is 0.355 e. The topological polar surface area (TPSA) is 83.1 Å². The van der Waals surface area contributed by atoms with Gasteiger partial charge in [0.15, 0.2) is 0 Å². The summed E-state index contributed by atoms with van der Waals surface area (Å²) >= 11 is 0. The molecule has 237 valence electrons. The molecule has 6 nitrogen and oxygen atoms in total. The van der Waals surface area contributed by atoms with Gasteiger partial charge in [0.05, 0.1) is 33.8 Å². The molecule has 6 heterocycles. The molecule has 0 amide bonds. The molecule has 0 unspecified atom stereocenters. The Morgan fingerprint density at radius 1 is 0.429 bits per heavy atom. The zero-order chi connectivity index (χ0) is 31.4. The average molecular weight is 694 g/mol. The minimum atomic E-state index is 0. The second-order valence-electron chi connectivity index (χ2n) is 11.4. The molecule has 3 aromatic carbocycles. The predicted octanol–water partition coefficient (Wildman–Crippen LogP) is 9.16. The molecule has 0 fully saturated rings. The summed E-state index contributed by atoms with van der Waals surface area (Å²) in [5.74, 6) is 0. The van der Waals surface area contributed by atoms with Crippen molar-refractivity contribution in [1.82, 2.24) is 29.9 Å². The summed E-state index contributed by atoms with van der Waals surface area (Å²) in [7, 11) is 0. The number of H-pyrrole nitrogens is 2. The maximum Gasteiger partial charge on any atom is 0.0886 e. The molecule has 1 aliphatic carbocycles. The van der Waals surface area contributed by atoms with Gasteiger partial charge in [0.25, 0.3) is 0 Å².